The summed E-state index contributed by atoms with van der Waals surface area (Å²) in [6.45, 7) is 7.78. The third-order valence-electron chi connectivity index (χ3n) is 2.66. The van der Waals surface area contributed by atoms with Crippen LogP contribution in [0.4, 0.5) is 4.79 Å². The largest absolute Gasteiger partial charge is 0.465 e. The minimum atomic E-state index is -1.10. The monoisotopic (exact) mass is 268 g/mol. The summed E-state index contributed by atoms with van der Waals surface area (Å²) in [6.07, 6.45) is 0.419. The molecule has 0 spiro atoms. The van der Waals surface area contributed by atoms with E-state index in [2.05, 4.69) is 10.3 Å². The molecule has 1 rings (SSSR count). The van der Waals surface area contributed by atoms with Crippen molar-refractivity contribution in [3.05, 3.63) is 23.5 Å². The van der Waals surface area contributed by atoms with E-state index in [1.54, 1.807) is 13.0 Å². The number of aromatic amines is 1. The SMILES string of the molecule is CCOC(=O)c1c[nH]c(C(NC(=O)O)C(C)(C)C)c1. The standard InChI is InChI=1S/C13H20N2O4/c1-5-19-11(16)8-6-9(14-7-8)10(13(2,3)4)15-12(17)18/h6-7,10,14-15H,5H2,1-4H3,(H,17,18). The van der Waals surface area contributed by atoms with E-state index in [-0.39, 0.29) is 5.41 Å². The first kappa shape index (κ1) is 15.1. The number of esters is 1. The molecular weight excluding hydrogens is 248 g/mol. The van der Waals surface area contributed by atoms with E-state index in [1.165, 1.54) is 6.20 Å². The number of ether oxygens (including phenoxy) is 1. The zero-order valence-corrected chi connectivity index (χ0v) is 11.6. The molecule has 0 fully saturated rings. The van der Waals surface area contributed by atoms with E-state index in [1.807, 2.05) is 20.8 Å². The number of carbonyl (C=O) groups excluding carboxylic acids is 1. The van der Waals surface area contributed by atoms with Gasteiger partial charge in [0.05, 0.1) is 18.2 Å². The Kier molecular flexibility index (Phi) is 4.58. The quantitative estimate of drug-likeness (QED) is 0.732. The molecule has 0 aliphatic carbocycles. The van der Waals surface area contributed by atoms with Gasteiger partial charge in [0.25, 0.3) is 0 Å². The number of hydrogen-bond acceptors (Lipinski definition) is 3. The fourth-order valence-electron chi connectivity index (χ4n) is 1.80. The highest BCUT2D eigenvalue weighted by Crippen LogP contribution is 2.32. The third-order valence-corrected chi connectivity index (χ3v) is 2.66. The van der Waals surface area contributed by atoms with Crippen molar-refractivity contribution in [2.45, 2.75) is 33.7 Å². The van der Waals surface area contributed by atoms with Gasteiger partial charge >= 0.3 is 12.1 Å². The van der Waals surface area contributed by atoms with Gasteiger partial charge in [0.15, 0.2) is 0 Å². The Hall–Kier alpha value is -1.98. The Bertz CT molecular complexity index is 459. The highest BCUT2D eigenvalue weighted by molar-refractivity contribution is 5.89. The highest BCUT2D eigenvalue weighted by Gasteiger charge is 2.29. The zero-order valence-electron chi connectivity index (χ0n) is 11.6. The maximum atomic E-state index is 11.6. The molecule has 0 aliphatic heterocycles. The maximum Gasteiger partial charge on any atom is 0.405 e. The molecule has 3 N–H and O–H groups in total. The van der Waals surface area contributed by atoms with Gasteiger partial charge in [-0.3, -0.25) is 0 Å². The van der Waals surface area contributed by atoms with Crippen molar-refractivity contribution in [3.8, 4) is 0 Å². The summed E-state index contributed by atoms with van der Waals surface area (Å²) in [5.41, 5.74) is 0.700. The Morgan fingerprint density at radius 3 is 2.58 bits per heavy atom. The summed E-state index contributed by atoms with van der Waals surface area (Å²) in [5.74, 6) is -0.423. The van der Waals surface area contributed by atoms with Gasteiger partial charge in [-0.1, -0.05) is 20.8 Å². The van der Waals surface area contributed by atoms with Gasteiger partial charge in [0.2, 0.25) is 0 Å². The van der Waals surface area contributed by atoms with Crippen molar-refractivity contribution < 1.29 is 19.4 Å². The van der Waals surface area contributed by atoms with Gasteiger partial charge in [-0.15, -0.1) is 0 Å². The predicted molar refractivity (Wildman–Crippen MR) is 70.1 cm³/mol. The second-order valence-electron chi connectivity index (χ2n) is 5.31. The first-order chi connectivity index (χ1) is 8.75. The van der Waals surface area contributed by atoms with Crippen LogP contribution >= 0.6 is 0 Å². The van der Waals surface area contributed by atoms with Crippen LogP contribution in [0, 0.1) is 5.41 Å². The van der Waals surface area contributed by atoms with Crippen molar-refractivity contribution in [2.75, 3.05) is 6.61 Å². The van der Waals surface area contributed by atoms with Crippen LogP contribution in [0.25, 0.3) is 0 Å². The minimum Gasteiger partial charge on any atom is -0.465 e. The lowest BCUT2D eigenvalue weighted by Crippen LogP contribution is -2.35. The van der Waals surface area contributed by atoms with Crippen LogP contribution in [0.1, 0.15) is 49.8 Å². The summed E-state index contributed by atoms with van der Waals surface area (Å²) >= 11 is 0. The van der Waals surface area contributed by atoms with Crippen LogP contribution in [-0.4, -0.2) is 28.8 Å². The van der Waals surface area contributed by atoms with Crippen molar-refractivity contribution in [3.63, 3.8) is 0 Å². The summed E-state index contributed by atoms with van der Waals surface area (Å²) < 4.78 is 4.89. The normalized spacial score (nSPS) is 12.8. The summed E-state index contributed by atoms with van der Waals surface area (Å²) in [4.78, 5) is 25.4. The molecule has 106 valence electrons. The third kappa shape index (κ3) is 4.01. The number of nitrogens with one attached hydrogen (secondary N) is 2. The van der Waals surface area contributed by atoms with Crippen molar-refractivity contribution in [1.82, 2.24) is 10.3 Å². The Labute approximate surface area is 112 Å². The van der Waals surface area contributed by atoms with Crippen LogP contribution in [0.2, 0.25) is 0 Å². The van der Waals surface area contributed by atoms with E-state index in [0.717, 1.165) is 0 Å². The molecule has 1 aromatic rings. The molecule has 0 radical (unpaired) electrons. The van der Waals surface area contributed by atoms with E-state index < -0.39 is 18.1 Å². The molecule has 1 heterocycles. The van der Waals surface area contributed by atoms with Crippen LogP contribution < -0.4 is 5.32 Å². The fourth-order valence-corrected chi connectivity index (χ4v) is 1.80. The molecule has 1 unspecified atom stereocenters. The molecule has 1 aromatic heterocycles. The second kappa shape index (κ2) is 5.77. The number of H-pyrrole nitrogens is 1. The van der Waals surface area contributed by atoms with Crippen LogP contribution in [0.3, 0.4) is 0 Å². The van der Waals surface area contributed by atoms with Gasteiger partial charge in [-0.2, -0.15) is 0 Å². The molecule has 1 amide bonds. The predicted octanol–water partition coefficient (Wildman–Crippen LogP) is 2.55. The first-order valence-electron chi connectivity index (χ1n) is 6.10. The summed E-state index contributed by atoms with van der Waals surface area (Å²) in [5, 5.41) is 11.3. The average molecular weight is 268 g/mol. The van der Waals surface area contributed by atoms with Crippen LogP contribution in [0.15, 0.2) is 12.3 Å². The first-order valence-corrected chi connectivity index (χ1v) is 6.10. The van der Waals surface area contributed by atoms with E-state index in [9.17, 15) is 9.59 Å². The second-order valence-corrected chi connectivity index (χ2v) is 5.31. The lowest BCUT2D eigenvalue weighted by molar-refractivity contribution is 0.0526. The molecule has 0 bridgehead atoms. The molecule has 6 heteroatoms. The molecular formula is C13H20N2O4. The molecule has 6 nitrogen and oxygen atoms in total. The van der Waals surface area contributed by atoms with E-state index in [0.29, 0.717) is 17.9 Å². The maximum absolute atomic E-state index is 11.6. The Morgan fingerprint density at radius 1 is 1.47 bits per heavy atom. The minimum absolute atomic E-state index is 0.301. The Morgan fingerprint density at radius 2 is 2.11 bits per heavy atom. The van der Waals surface area contributed by atoms with Crippen molar-refractivity contribution in [1.29, 1.82) is 0 Å². The van der Waals surface area contributed by atoms with Gasteiger partial charge in [-0.25, -0.2) is 9.59 Å². The number of hydrogen-bond donors (Lipinski definition) is 3. The summed E-state index contributed by atoms with van der Waals surface area (Å²) in [7, 11) is 0. The highest BCUT2D eigenvalue weighted by atomic mass is 16.5. The lowest BCUT2D eigenvalue weighted by atomic mass is 9.85. The van der Waals surface area contributed by atoms with Crippen LogP contribution in [-0.2, 0) is 4.74 Å². The number of carboxylic acid groups (broad SMARTS) is 1. The van der Waals surface area contributed by atoms with Crippen molar-refractivity contribution >= 4 is 12.1 Å². The molecule has 1 atom stereocenters. The molecule has 0 aromatic carbocycles. The zero-order chi connectivity index (χ0) is 14.6. The van der Waals surface area contributed by atoms with E-state index >= 15 is 0 Å². The number of amides is 1. The van der Waals surface area contributed by atoms with E-state index in [4.69, 9.17) is 9.84 Å². The molecule has 19 heavy (non-hydrogen) atoms. The topological polar surface area (TPSA) is 91.4 Å². The smallest absolute Gasteiger partial charge is 0.405 e. The Balaban J connectivity index is 2.98. The number of aromatic nitrogens is 1. The lowest BCUT2D eigenvalue weighted by Gasteiger charge is -2.29. The number of carbonyl (C=O) groups is 2. The molecule has 0 saturated heterocycles. The molecule has 0 saturated carbocycles. The van der Waals surface area contributed by atoms with Gasteiger partial charge in [-0.05, 0) is 18.4 Å². The fraction of sp³-hybridized carbons (Fsp3) is 0.538. The number of rotatable bonds is 4. The summed E-state index contributed by atoms with van der Waals surface area (Å²) in [6, 6.07) is 1.18. The van der Waals surface area contributed by atoms with Crippen LogP contribution in [0.5, 0.6) is 0 Å². The average Bonchev–Trinajstić information content (AvgIpc) is 2.73. The van der Waals surface area contributed by atoms with Crippen molar-refractivity contribution in [2.24, 2.45) is 5.41 Å². The van der Waals surface area contributed by atoms with Gasteiger partial charge < -0.3 is 20.1 Å². The van der Waals surface area contributed by atoms with Gasteiger partial charge in [0, 0.05) is 11.9 Å². The van der Waals surface area contributed by atoms with Gasteiger partial charge in [0.1, 0.15) is 0 Å². The molecule has 0 aliphatic rings.